The fraction of sp³-hybridized carbons (Fsp3) is 0.500. The van der Waals surface area contributed by atoms with Crippen LogP contribution in [0.4, 0.5) is 4.79 Å². The van der Waals surface area contributed by atoms with E-state index in [0.29, 0.717) is 49.1 Å². The van der Waals surface area contributed by atoms with E-state index in [9.17, 15) is 9.59 Å². The summed E-state index contributed by atoms with van der Waals surface area (Å²) in [7, 11) is 1.52. The second-order valence-corrected chi connectivity index (χ2v) is 5.79. The van der Waals surface area contributed by atoms with Crippen molar-refractivity contribution in [2.24, 2.45) is 0 Å². The zero-order valence-corrected chi connectivity index (χ0v) is 14.2. The molecule has 0 aromatic heterocycles. The number of methoxy groups -OCH3 is 1. The minimum absolute atomic E-state index is 0.0701. The molecule has 1 heterocycles. The van der Waals surface area contributed by atoms with Gasteiger partial charge in [-0.25, -0.2) is 4.79 Å². The molecule has 0 aliphatic carbocycles. The highest BCUT2D eigenvalue weighted by molar-refractivity contribution is 6.31. The molecule has 1 aromatic carbocycles. The van der Waals surface area contributed by atoms with Crippen LogP contribution in [-0.2, 0) is 0 Å². The molecule has 1 aliphatic heterocycles. The summed E-state index contributed by atoms with van der Waals surface area (Å²) >= 11 is 5.98. The quantitative estimate of drug-likeness (QED) is 0.915. The van der Waals surface area contributed by atoms with Crippen molar-refractivity contribution in [1.82, 2.24) is 15.1 Å². The summed E-state index contributed by atoms with van der Waals surface area (Å²) in [5.41, 5.74) is 0.448. The van der Waals surface area contributed by atoms with Crippen molar-refractivity contribution < 1.29 is 14.3 Å². The Hall–Kier alpha value is -1.95. The van der Waals surface area contributed by atoms with Gasteiger partial charge < -0.3 is 19.9 Å². The Kier molecular flexibility index (Phi) is 6.10. The number of urea groups is 1. The van der Waals surface area contributed by atoms with Crippen LogP contribution in [0.25, 0.3) is 0 Å². The SMILES string of the molecule is CCCNC(=O)N1CCN(C(=O)c2cc(Cl)ccc2OC)CC1. The summed E-state index contributed by atoms with van der Waals surface area (Å²) in [5.74, 6) is 0.375. The van der Waals surface area contributed by atoms with Gasteiger partial charge in [-0.05, 0) is 24.6 Å². The van der Waals surface area contributed by atoms with E-state index < -0.39 is 0 Å². The maximum absolute atomic E-state index is 12.6. The first-order valence-corrected chi connectivity index (χ1v) is 8.10. The number of hydrogen-bond acceptors (Lipinski definition) is 3. The molecule has 0 saturated carbocycles. The van der Waals surface area contributed by atoms with Gasteiger partial charge in [0.25, 0.3) is 5.91 Å². The van der Waals surface area contributed by atoms with Gasteiger partial charge in [0, 0.05) is 37.7 Å². The molecule has 6 nitrogen and oxygen atoms in total. The third-order valence-electron chi connectivity index (χ3n) is 3.77. The van der Waals surface area contributed by atoms with Gasteiger partial charge in [-0.15, -0.1) is 0 Å². The normalized spacial score (nSPS) is 14.6. The number of nitrogens with zero attached hydrogens (tertiary/aromatic N) is 2. The minimum Gasteiger partial charge on any atom is -0.496 e. The van der Waals surface area contributed by atoms with Gasteiger partial charge in [0.1, 0.15) is 5.75 Å². The van der Waals surface area contributed by atoms with Crippen molar-refractivity contribution >= 4 is 23.5 Å². The van der Waals surface area contributed by atoms with Gasteiger partial charge in [0.2, 0.25) is 0 Å². The van der Waals surface area contributed by atoms with Gasteiger partial charge in [0.05, 0.1) is 12.7 Å². The summed E-state index contributed by atoms with van der Waals surface area (Å²) in [6.07, 6.45) is 0.902. The van der Waals surface area contributed by atoms with Crippen LogP contribution in [-0.4, -0.2) is 61.6 Å². The second kappa shape index (κ2) is 8.06. The summed E-state index contributed by atoms with van der Waals surface area (Å²) in [6.45, 7) is 4.70. The smallest absolute Gasteiger partial charge is 0.317 e. The monoisotopic (exact) mass is 339 g/mol. The lowest BCUT2D eigenvalue weighted by Crippen LogP contribution is -2.53. The van der Waals surface area contributed by atoms with E-state index in [1.807, 2.05) is 6.92 Å². The van der Waals surface area contributed by atoms with Crippen molar-refractivity contribution in [3.63, 3.8) is 0 Å². The lowest BCUT2D eigenvalue weighted by Gasteiger charge is -2.35. The lowest BCUT2D eigenvalue weighted by molar-refractivity contribution is 0.0662. The Bertz CT molecular complexity index is 572. The van der Waals surface area contributed by atoms with Crippen LogP contribution in [0.3, 0.4) is 0 Å². The molecule has 1 aliphatic rings. The number of carbonyl (C=O) groups is 2. The number of carbonyl (C=O) groups excluding carboxylic acids is 2. The number of halogens is 1. The number of amides is 3. The highest BCUT2D eigenvalue weighted by Gasteiger charge is 2.26. The minimum atomic E-state index is -0.127. The van der Waals surface area contributed by atoms with Crippen molar-refractivity contribution in [3.05, 3.63) is 28.8 Å². The Balaban J connectivity index is 1.99. The van der Waals surface area contributed by atoms with Crippen molar-refractivity contribution in [2.75, 3.05) is 39.8 Å². The number of ether oxygens (including phenoxy) is 1. The fourth-order valence-corrected chi connectivity index (χ4v) is 2.65. The van der Waals surface area contributed by atoms with Crippen LogP contribution in [0.2, 0.25) is 5.02 Å². The zero-order chi connectivity index (χ0) is 16.8. The average Bonchev–Trinajstić information content (AvgIpc) is 2.59. The number of benzene rings is 1. The Morgan fingerprint density at radius 1 is 1.22 bits per heavy atom. The molecule has 7 heteroatoms. The highest BCUT2D eigenvalue weighted by atomic mass is 35.5. The van der Waals surface area contributed by atoms with Crippen molar-refractivity contribution in [2.45, 2.75) is 13.3 Å². The van der Waals surface area contributed by atoms with Crippen LogP contribution in [0.5, 0.6) is 5.75 Å². The van der Waals surface area contributed by atoms with Gasteiger partial charge in [-0.1, -0.05) is 18.5 Å². The van der Waals surface area contributed by atoms with Crippen molar-refractivity contribution in [3.8, 4) is 5.75 Å². The van der Waals surface area contributed by atoms with Crippen LogP contribution >= 0.6 is 11.6 Å². The van der Waals surface area contributed by atoms with E-state index in [1.165, 1.54) is 7.11 Å². The van der Waals surface area contributed by atoms with Gasteiger partial charge >= 0.3 is 6.03 Å². The molecule has 0 spiro atoms. The van der Waals surface area contributed by atoms with Crippen LogP contribution < -0.4 is 10.1 Å². The summed E-state index contributed by atoms with van der Waals surface area (Å²) < 4.78 is 5.24. The molecular formula is C16H22ClN3O3. The van der Waals surface area contributed by atoms with Crippen molar-refractivity contribution in [1.29, 1.82) is 0 Å². The van der Waals surface area contributed by atoms with Crippen LogP contribution in [0.1, 0.15) is 23.7 Å². The van der Waals surface area contributed by atoms with E-state index in [4.69, 9.17) is 16.3 Å². The molecule has 1 saturated heterocycles. The summed E-state index contributed by atoms with van der Waals surface area (Å²) in [6, 6.07) is 4.92. The number of hydrogen-bond donors (Lipinski definition) is 1. The molecule has 3 amide bonds. The molecule has 1 aromatic rings. The first-order valence-electron chi connectivity index (χ1n) is 7.72. The molecule has 0 radical (unpaired) electrons. The summed E-state index contributed by atoms with van der Waals surface area (Å²) in [4.78, 5) is 28.0. The maximum Gasteiger partial charge on any atom is 0.317 e. The third kappa shape index (κ3) is 4.28. The first kappa shape index (κ1) is 17.4. The molecule has 1 N–H and O–H groups in total. The number of nitrogens with one attached hydrogen (secondary N) is 1. The topological polar surface area (TPSA) is 61.9 Å². The third-order valence-corrected chi connectivity index (χ3v) is 4.01. The molecule has 0 atom stereocenters. The Morgan fingerprint density at radius 2 is 1.87 bits per heavy atom. The molecule has 2 rings (SSSR count). The van der Waals surface area contributed by atoms with Gasteiger partial charge in [-0.2, -0.15) is 0 Å². The summed E-state index contributed by atoms with van der Waals surface area (Å²) in [5, 5.41) is 3.34. The Labute approximate surface area is 141 Å². The molecular weight excluding hydrogens is 318 g/mol. The van der Waals surface area contributed by atoms with E-state index in [2.05, 4.69) is 5.32 Å². The van der Waals surface area contributed by atoms with Crippen LogP contribution in [0, 0.1) is 0 Å². The highest BCUT2D eigenvalue weighted by Crippen LogP contribution is 2.24. The van der Waals surface area contributed by atoms with Crippen LogP contribution in [0.15, 0.2) is 18.2 Å². The first-order chi connectivity index (χ1) is 11.1. The predicted molar refractivity (Wildman–Crippen MR) is 89.2 cm³/mol. The van der Waals surface area contributed by atoms with E-state index in [1.54, 1.807) is 28.0 Å². The molecule has 23 heavy (non-hydrogen) atoms. The van der Waals surface area contributed by atoms with Gasteiger partial charge in [0.15, 0.2) is 0 Å². The van der Waals surface area contributed by atoms with E-state index in [-0.39, 0.29) is 11.9 Å². The second-order valence-electron chi connectivity index (χ2n) is 5.36. The largest absolute Gasteiger partial charge is 0.496 e. The zero-order valence-electron chi connectivity index (χ0n) is 13.5. The fourth-order valence-electron chi connectivity index (χ4n) is 2.47. The maximum atomic E-state index is 12.6. The van der Waals surface area contributed by atoms with E-state index in [0.717, 1.165) is 6.42 Å². The number of piperazine rings is 1. The lowest BCUT2D eigenvalue weighted by atomic mass is 10.1. The molecule has 126 valence electrons. The molecule has 0 bridgehead atoms. The number of rotatable bonds is 4. The van der Waals surface area contributed by atoms with E-state index >= 15 is 0 Å². The Morgan fingerprint density at radius 3 is 2.48 bits per heavy atom. The standard InChI is InChI=1S/C16H22ClN3O3/c1-3-6-18-16(22)20-9-7-19(8-10-20)15(21)13-11-12(17)4-5-14(13)23-2/h4-5,11H,3,6-10H2,1-2H3,(H,18,22). The average molecular weight is 340 g/mol. The predicted octanol–water partition coefficient (Wildman–Crippen LogP) is 2.23. The van der Waals surface area contributed by atoms with Gasteiger partial charge in [-0.3, -0.25) is 4.79 Å². The molecule has 0 unspecified atom stereocenters. The molecule has 1 fully saturated rings.